The van der Waals surface area contributed by atoms with Crippen LogP contribution >= 0.6 is 0 Å². The lowest BCUT2D eigenvalue weighted by molar-refractivity contribution is -0.137. The maximum atomic E-state index is 12.8. The molecule has 1 fully saturated rings. The van der Waals surface area contributed by atoms with E-state index in [1.807, 2.05) is 25.1 Å². The molecule has 1 unspecified atom stereocenters. The summed E-state index contributed by atoms with van der Waals surface area (Å²) in [7, 11) is 3.23. The third-order valence-corrected chi connectivity index (χ3v) is 7.86. The number of ether oxygens (including phenoxy) is 2. The van der Waals surface area contributed by atoms with Gasteiger partial charge < -0.3 is 14.5 Å². The summed E-state index contributed by atoms with van der Waals surface area (Å²) in [4.78, 5) is 19.1. The van der Waals surface area contributed by atoms with Gasteiger partial charge >= 0.3 is 5.97 Å². The molecule has 1 N–H and O–H groups in total. The Bertz CT molecular complexity index is 1200. The Labute approximate surface area is 201 Å². The molecule has 0 aliphatic carbocycles. The molecule has 5 nitrogen and oxygen atoms in total. The molecule has 1 aromatic heterocycles. The van der Waals surface area contributed by atoms with Crippen molar-refractivity contribution >= 4 is 16.9 Å². The van der Waals surface area contributed by atoms with Crippen LogP contribution in [0.25, 0.3) is 10.9 Å². The van der Waals surface area contributed by atoms with Crippen LogP contribution in [0.4, 0.5) is 0 Å². The lowest BCUT2D eigenvalue weighted by atomic mass is 9.72. The zero-order chi connectivity index (χ0) is 23.7. The van der Waals surface area contributed by atoms with Gasteiger partial charge in [-0.1, -0.05) is 42.5 Å². The number of carbonyl (C=O) groups excluding carboxylic acids is 1. The normalized spacial score (nSPS) is 22.8. The van der Waals surface area contributed by atoms with E-state index in [1.54, 1.807) is 7.11 Å². The van der Waals surface area contributed by atoms with Crippen LogP contribution in [0, 0.1) is 11.8 Å². The summed E-state index contributed by atoms with van der Waals surface area (Å²) >= 11 is 0. The summed E-state index contributed by atoms with van der Waals surface area (Å²) in [5.74, 6) is 1.31. The number of nitrogens with zero attached hydrogens (tertiary/aromatic N) is 1. The number of piperidine rings is 1. The van der Waals surface area contributed by atoms with Crippen molar-refractivity contribution in [2.45, 2.75) is 38.6 Å². The number of rotatable bonds is 6. The SMILES string of the molecule is C/C=C(/C(=O)OC)[C@H]1C[C@H]2c3[nH]c4cccc(OC)c4c3CCN2CC1CCc1ccccc1. The average molecular weight is 459 g/mol. The fourth-order valence-electron chi connectivity index (χ4n) is 6.23. The number of allylic oxidation sites excluding steroid dienone is 1. The smallest absolute Gasteiger partial charge is 0.333 e. The van der Waals surface area contributed by atoms with Gasteiger partial charge in [-0.3, -0.25) is 4.90 Å². The average Bonchev–Trinajstić information content (AvgIpc) is 3.27. The molecule has 0 spiro atoms. The zero-order valence-corrected chi connectivity index (χ0v) is 20.3. The van der Waals surface area contributed by atoms with Crippen molar-refractivity contribution in [2.75, 3.05) is 27.3 Å². The first-order valence-corrected chi connectivity index (χ1v) is 12.3. The molecule has 3 heterocycles. The number of benzene rings is 2. The number of hydrogen-bond acceptors (Lipinski definition) is 4. The number of nitrogens with one attached hydrogen (secondary N) is 1. The molecule has 3 atom stereocenters. The Balaban J connectivity index is 1.49. The Morgan fingerprint density at radius 1 is 1.15 bits per heavy atom. The van der Waals surface area contributed by atoms with Gasteiger partial charge in [0.15, 0.2) is 0 Å². The topological polar surface area (TPSA) is 54.6 Å². The maximum Gasteiger partial charge on any atom is 0.333 e. The van der Waals surface area contributed by atoms with Crippen LogP contribution in [0.15, 0.2) is 60.2 Å². The highest BCUT2D eigenvalue weighted by Crippen LogP contribution is 2.47. The van der Waals surface area contributed by atoms with E-state index in [0.29, 0.717) is 5.92 Å². The van der Waals surface area contributed by atoms with E-state index < -0.39 is 0 Å². The molecule has 0 amide bonds. The molecule has 2 aliphatic rings. The number of methoxy groups -OCH3 is 2. The fourth-order valence-corrected chi connectivity index (χ4v) is 6.23. The largest absolute Gasteiger partial charge is 0.496 e. The van der Waals surface area contributed by atoms with Crippen LogP contribution < -0.4 is 4.74 Å². The van der Waals surface area contributed by atoms with Gasteiger partial charge in [-0.15, -0.1) is 0 Å². The molecular formula is C29H34N2O3. The Hall–Kier alpha value is -3.05. The molecule has 1 saturated heterocycles. The molecular weight excluding hydrogens is 424 g/mol. The number of hydrogen-bond donors (Lipinski definition) is 1. The zero-order valence-electron chi connectivity index (χ0n) is 20.3. The minimum Gasteiger partial charge on any atom is -0.496 e. The molecule has 5 heteroatoms. The first kappa shape index (κ1) is 22.7. The molecule has 0 saturated carbocycles. The van der Waals surface area contributed by atoms with Gasteiger partial charge in [0, 0.05) is 35.3 Å². The summed E-state index contributed by atoms with van der Waals surface area (Å²) in [6, 6.07) is 17.1. The Morgan fingerprint density at radius 3 is 2.71 bits per heavy atom. The monoisotopic (exact) mass is 458 g/mol. The predicted molar refractivity (Wildman–Crippen MR) is 135 cm³/mol. The van der Waals surface area contributed by atoms with E-state index in [4.69, 9.17) is 9.47 Å². The van der Waals surface area contributed by atoms with Crippen molar-refractivity contribution in [3.05, 3.63) is 77.0 Å². The number of carbonyl (C=O) groups is 1. The second-order valence-electron chi connectivity index (χ2n) is 9.52. The number of fused-ring (bicyclic) bond motifs is 5. The lowest BCUT2D eigenvalue weighted by Gasteiger charge is -2.46. The first-order valence-electron chi connectivity index (χ1n) is 12.3. The van der Waals surface area contributed by atoms with Crippen LogP contribution in [-0.4, -0.2) is 43.2 Å². The third-order valence-electron chi connectivity index (χ3n) is 7.86. The fraction of sp³-hybridized carbons (Fsp3) is 0.414. The maximum absolute atomic E-state index is 12.8. The molecule has 178 valence electrons. The lowest BCUT2D eigenvalue weighted by Crippen LogP contribution is -2.47. The quantitative estimate of drug-likeness (QED) is 0.393. The Kier molecular flexibility index (Phi) is 6.46. The molecule has 2 aliphatic heterocycles. The minimum absolute atomic E-state index is 0.168. The summed E-state index contributed by atoms with van der Waals surface area (Å²) in [6.45, 7) is 3.98. The third kappa shape index (κ3) is 4.03. The number of H-pyrrole nitrogens is 1. The standard InChI is InChI=1S/C29H34N2O3/c1-4-21(29(32)34-3)23-17-25-28-22(27-24(30-28)11-8-12-26(27)33-2)15-16-31(25)18-20(23)14-13-19-9-6-5-7-10-19/h4-12,20,23,25,30H,13-18H2,1-3H3/b21-4+/t20?,23-,25-/m0/s1. The van der Waals surface area contributed by atoms with Gasteiger partial charge in [0.25, 0.3) is 0 Å². The van der Waals surface area contributed by atoms with Crippen LogP contribution in [0.1, 0.15) is 42.6 Å². The van der Waals surface area contributed by atoms with E-state index in [2.05, 4.69) is 46.3 Å². The summed E-state index contributed by atoms with van der Waals surface area (Å²) in [5, 5.41) is 1.21. The van der Waals surface area contributed by atoms with E-state index in [1.165, 1.54) is 29.3 Å². The predicted octanol–water partition coefficient (Wildman–Crippen LogP) is 5.46. The molecule has 2 aromatic carbocycles. The molecule has 34 heavy (non-hydrogen) atoms. The van der Waals surface area contributed by atoms with E-state index in [0.717, 1.165) is 55.6 Å². The Morgan fingerprint density at radius 2 is 1.97 bits per heavy atom. The summed E-state index contributed by atoms with van der Waals surface area (Å²) in [5.41, 5.74) is 5.97. The van der Waals surface area contributed by atoms with Crippen molar-refractivity contribution in [3.8, 4) is 5.75 Å². The summed E-state index contributed by atoms with van der Waals surface area (Å²) < 4.78 is 10.9. The highest BCUT2D eigenvalue weighted by molar-refractivity contribution is 5.91. The van der Waals surface area contributed by atoms with E-state index >= 15 is 0 Å². The van der Waals surface area contributed by atoms with Gasteiger partial charge in [-0.2, -0.15) is 0 Å². The molecule has 3 aromatic rings. The number of aromatic amines is 1. The highest BCUT2D eigenvalue weighted by atomic mass is 16.5. The second kappa shape index (κ2) is 9.67. The minimum atomic E-state index is -0.194. The number of aryl methyl sites for hydroxylation is 1. The van der Waals surface area contributed by atoms with Crippen molar-refractivity contribution in [3.63, 3.8) is 0 Å². The number of esters is 1. The van der Waals surface area contributed by atoms with E-state index in [-0.39, 0.29) is 17.9 Å². The number of aromatic nitrogens is 1. The highest BCUT2D eigenvalue weighted by Gasteiger charge is 2.42. The molecule has 5 rings (SSSR count). The van der Waals surface area contributed by atoms with Gasteiger partial charge in [0.1, 0.15) is 5.75 Å². The van der Waals surface area contributed by atoms with Gasteiger partial charge in [-0.25, -0.2) is 4.79 Å². The van der Waals surface area contributed by atoms with Crippen LogP contribution in [-0.2, 0) is 22.4 Å². The summed E-state index contributed by atoms with van der Waals surface area (Å²) in [6.07, 6.45) is 5.97. The van der Waals surface area contributed by atoms with Crippen LogP contribution in [0.3, 0.4) is 0 Å². The van der Waals surface area contributed by atoms with Gasteiger partial charge in [-0.05, 0) is 67.7 Å². The van der Waals surface area contributed by atoms with Crippen LogP contribution in [0.5, 0.6) is 5.75 Å². The van der Waals surface area contributed by atoms with Crippen molar-refractivity contribution in [1.82, 2.24) is 9.88 Å². The molecule has 0 bridgehead atoms. The second-order valence-corrected chi connectivity index (χ2v) is 9.52. The van der Waals surface area contributed by atoms with Gasteiger partial charge in [0.2, 0.25) is 0 Å². The van der Waals surface area contributed by atoms with Crippen molar-refractivity contribution in [2.24, 2.45) is 11.8 Å². The van der Waals surface area contributed by atoms with Crippen molar-refractivity contribution in [1.29, 1.82) is 0 Å². The molecule has 0 radical (unpaired) electrons. The van der Waals surface area contributed by atoms with Crippen molar-refractivity contribution < 1.29 is 14.3 Å². The van der Waals surface area contributed by atoms with Crippen LogP contribution in [0.2, 0.25) is 0 Å². The van der Waals surface area contributed by atoms with Gasteiger partial charge in [0.05, 0.1) is 20.3 Å². The first-order chi connectivity index (χ1) is 16.6. The van der Waals surface area contributed by atoms with E-state index in [9.17, 15) is 4.79 Å².